The monoisotopic (exact) mass is 1160 g/mol. The molecule has 1 atom stereocenters. The van der Waals surface area contributed by atoms with Crippen LogP contribution in [0.5, 0.6) is 0 Å². The Morgan fingerprint density at radius 1 is 0.253 bits per heavy atom. The van der Waals surface area contributed by atoms with Gasteiger partial charge in [-0.3, -0.25) is 14.4 Å². The summed E-state index contributed by atoms with van der Waals surface area (Å²) in [7, 11) is 0. The molecule has 0 bridgehead atoms. The van der Waals surface area contributed by atoms with E-state index in [0.717, 1.165) is 89.9 Å². The molecule has 0 aliphatic rings. The van der Waals surface area contributed by atoms with Crippen LogP contribution in [0.4, 0.5) is 0 Å². The molecule has 1 unspecified atom stereocenters. The first-order valence-corrected chi connectivity index (χ1v) is 36.8. The van der Waals surface area contributed by atoms with Gasteiger partial charge < -0.3 is 14.2 Å². The average Bonchev–Trinajstić information content (AvgIpc) is 3.49. The van der Waals surface area contributed by atoms with Gasteiger partial charge in [0.15, 0.2) is 6.10 Å². The van der Waals surface area contributed by atoms with Gasteiger partial charge in [0.2, 0.25) is 0 Å². The van der Waals surface area contributed by atoms with E-state index < -0.39 is 6.10 Å². The molecule has 0 rings (SSSR count). The molecule has 0 radical (unpaired) electrons. The second kappa shape index (κ2) is 71.6. The highest BCUT2D eigenvalue weighted by Gasteiger charge is 2.19. The maximum Gasteiger partial charge on any atom is 0.306 e. The van der Waals surface area contributed by atoms with E-state index in [9.17, 15) is 14.4 Å². The number of allylic oxidation sites excluding steroid dienone is 10. The second-order valence-corrected chi connectivity index (χ2v) is 24.8. The van der Waals surface area contributed by atoms with Gasteiger partial charge in [0, 0.05) is 19.3 Å². The Labute approximate surface area is 517 Å². The molecule has 0 aromatic rings. The highest BCUT2D eigenvalue weighted by Crippen LogP contribution is 2.19. The summed E-state index contributed by atoms with van der Waals surface area (Å²) < 4.78 is 17.0. The highest BCUT2D eigenvalue weighted by atomic mass is 16.6. The van der Waals surface area contributed by atoms with Crippen molar-refractivity contribution in [1.29, 1.82) is 0 Å². The van der Waals surface area contributed by atoms with E-state index in [1.165, 1.54) is 263 Å². The molecule has 0 saturated heterocycles. The molecular weight excluding hydrogens is 1020 g/mol. The Bertz CT molecular complexity index is 1470. The topological polar surface area (TPSA) is 78.9 Å². The lowest BCUT2D eigenvalue weighted by Crippen LogP contribution is -2.30. The molecule has 0 N–H and O–H groups in total. The van der Waals surface area contributed by atoms with Gasteiger partial charge in [-0.2, -0.15) is 0 Å². The van der Waals surface area contributed by atoms with Crippen LogP contribution in [0.25, 0.3) is 0 Å². The maximum absolute atomic E-state index is 12.9. The fraction of sp³-hybridized carbons (Fsp3) is 0.831. The predicted octanol–water partition coefficient (Wildman–Crippen LogP) is 25.5. The molecule has 6 heteroatoms. The van der Waals surface area contributed by atoms with E-state index in [0.29, 0.717) is 19.3 Å². The summed E-state index contributed by atoms with van der Waals surface area (Å²) in [6.45, 7) is 6.60. The van der Waals surface area contributed by atoms with Gasteiger partial charge in [-0.05, 0) is 64.2 Å². The number of ether oxygens (including phenoxy) is 3. The first-order valence-electron chi connectivity index (χ1n) is 36.8. The molecular formula is C77H140O6. The molecule has 6 nitrogen and oxygen atoms in total. The van der Waals surface area contributed by atoms with E-state index in [1.54, 1.807) is 0 Å². The van der Waals surface area contributed by atoms with Crippen LogP contribution in [0, 0.1) is 0 Å². The van der Waals surface area contributed by atoms with Crippen molar-refractivity contribution < 1.29 is 28.6 Å². The molecule has 0 fully saturated rings. The molecule has 0 aliphatic carbocycles. The Hall–Kier alpha value is -2.89. The van der Waals surface area contributed by atoms with E-state index in [2.05, 4.69) is 81.5 Å². The highest BCUT2D eigenvalue weighted by molar-refractivity contribution is 5.71. The first kappa shape index (κ1) is 80.1. The van der Waals surface area contributed by atoms with Crippen LogP contribution in [-0.2, 0) is 28.6 Å². The van der Waals surface area contributed by atoms with Crippen molar-refractivity contribution >= 4 is 17.9 Å². The van der Waals surface area contributed by atoms with Crippen LogP contribution >= 0.6 is 0 Å². The summed E-state index contributed by atoms with van der Waals surface area (Å²) in [5, 5.41) is 0. The second-order valence-electron chi connectivity index (χ2n) is 24.8. The van der Waals surface area contributed by atoms with Crippen LogP contribution < -0.4 is 0 Å². The minimum absolute atomic E-state index is 0.0655. The van der Waals surface area contributed by atoms with Crippen molar-refractivity contribution in [3.8, 4) is 0 Å². The van der Waals surface area contributed by atoms with Gasteiger partial charge in [-0.25, -0.2) is 0 Å². The van der Waals surface area contributed by atoms with Crippen LogP contribution in [0.15, 0.2) is 60.8 Å². The molecule has 0 aromatic carbocycles. The quantitative estimate of drug-likeness (QED) is 0.0261. The van der Waals surface area contributed by atoms with E-state index in [4.69, 9.17) is 14.2 Å². The third kappa shape index (κ3) is 69.8. The van der Waals surface area contributed by atoms with Gasteiger partial charge in [0.05, 0.1) is 0 Å². The van der Waals surface area contributed by atoms with Crippen LogP contribution in [0.3, 0.4) is 0 Å². The molecule has 0 heterocycles. The van der Waals surface area contributed by atoms with Gasteiger partial charge >= 0.3 is 17.9 Å². The van der Waals surface area contributed by atoms with Crippen LogP contribution in [0.1, 0.15) is 393 Å². The number of hydrogen-bond donors (Lipinski definition) is 0. The SMILES string of the molecule is CC/C=C\C/C=C\C/C=C\C/C=C\C/C=C\CCCCCCCCCCCCCCCCCCCC(=O)OCC(COC(=O)CCCCCCCCCCCCCCCCCC)OC(=O)CCCCCCCCCCCCCCCCCC. The number of carbonyl (C=O) groups is 3. The summed E-state index contributed by atoms with van der Waals surface area (Å²) in [4.78, 5) is 38.5. The third-order valence-corrected chi connectivity index (χ3v) is 16.5. The zero-order valence-corrected chi connectivity index (χ0v) is 55.7. The Kier molecular flexibility index (Phi) is 69.1. The van der Waals surface area contributed by atoms with Crippen molar-refractivity contribution in [2.45, 2.75) is 399 Å². The lowest BCUT2D eigenvalue weighted by atomic mass is 10.0. The average molecular weight is 1160 g/mol. The molecule has 83 heavy (non-hydrogen) atoms. The van der Waals surface area contributed by atoms with Crippen LogP contribution in [0.2, 0.25) is 0 Å². The number of unbranched alkanes of at least 4 members (excludes halogenated alkanes) is 47. The van der Waals surface area contributed by atoms with Gasteiger partial charge in [-0.1, -0.05) is 370 Å². The summed E-state index contributed by atoms with van der Waals surface area (Å²) in [6.07, 6.45) is 92.6. The normalized spacial score (nSPS) is 12.4. The van der Waals surface area contributed by atoms with Gasteiger partial charge in [0.25, 0.3) is 0 Å². The predicted molar refractivity (Wildman–Crippen MR) is 362 cm³/mol. The molecule has 0 aliphatic heterocycles. The number of carbonyl (C=O) groups excluding carboxylic acids is 3. The first-order chi connectivity index (χ1) is 41.0. The molecule has 0 amide bonds. The fourth-order valence-corrected chi connectivity index (χ4v) is 11.1. The summed E-state index contributed by atoms with van der Waals surface area (Å²) in [5.41, 5.74) is 0. The Morgan fingerprint density at radius 3 is 0.735 bits per heavy atom. The zero-order chi connectivity index (χ0) is 59.9. The summed E-state index contributed by atoms with van der Waals surface area (Å²) in [6, 6.07) is 0. The minimum Gasteiger partial charge on any atom is -0.462 e. The van der Waals surface area contributed by atoms with E-state index in [1.807, 2.05) is 0 Å². The zero-order valence-electron chi connectivity index (χ0n) is 55.7. The fourth-order valence-electron chi connectivity index (χ4n) is 11.1. The molecule has 484 valence electrons. The van der Waals surface area contributed by atoms with Crippen LogP contribution in [-0.4, -0.2) is 37.2 Å². The van der Waals surface area contributed by atoms with Gasteiger partial charge in [0.1, 0.15) is 13.2 Å². The largest absolute Gasteiger partial charge is 0.462 e. The van der Waals surface area contributed by atoms with Crippen molar-refractivity contribution in [1.82, 2.24) is 0 Å². The Morgan fingerprint density at radius 2 is 0.470 bits per heavy atom. The van der Waals surface area contributed by atoms with E-state index >= 15 is 0 Å². The van der Waals surface area contributed by atoms with Crippen molar-refractivity contribution in [2.24, 2.45) is 0 Å². The number of rotatable bonds is 68. The molecule has 0 aromatic heterocycles. The maximum atomic E-state index is 12.9. The van der Waals surface area contributed by atoms with E-state index in [-0.39, 0.29) is 31.1 Å². The standard InChI is InChI=1S/C77H140O6/c1-4-7-10-13-16-19-22-25-28-31-32-33-34-35-36-37-38-39-40-41-42-43-44-45-46-47-50-52-55-58-61-64-67-70-76(79)82-73-74(83-77(80)71-68-65-62-59-56-53-49-30-27-24-21-18-15-12-9-6-3)72-81-75(78)69-66-63-60-57-54-51-48-29-26-23-20-17-14-11-8-5-2/h7,10,16,19,25,28,32-33,35-36,74H,4-6,8-9,11-15,17-18,20-24,26-27,29-31,34,37-73H2,1-3H3/b10-7-,19-16-,28-25-,33-32-,36-35-. The minimum atomic E-state index is -0.769. The molecule has 0 spiro atoms. The summed E-state index contributed by atoms with van der Waals surface area (Å²) >= 11 is 0. The Balaban J connectivity index is 4.16. The lowest BCUT2D eigenvalue weighted by molar-refractivity contribution is -0.167. The number of hydrogen-bond acceptors (Lipinski definition) is 6. The van der Waals surface area contributed by atoms with Crippen molar-refractivity contribution in [2.75, 3.05) is 13.2 Å². The third-order valence-electron chi connectivity index (χ3n) is 16.5. The van der Waals surface area contributed by atoms with Crippen molar-refractivity contribution in [3.63, 3.8) is 0 Å². The molecule has 0 saturated carbocycles. The number of esters is 3. The summed E-state index contributed by atoms with van der Waals surface area (Å²) in [5.74, 6) is -0.834. The van der Waals surface area contributed by atoms with Gasteiger partial charge in [-0.15, -0.1) is 0 Å². The smallest absolute Gasteiger partial charge is 0.306 e. The van der Waals surface area contributed by atoms with Crippen molar-refractivity contribution in [3.05, 3.63) is 60.8 Å². The lowest BCUT2D eigenvalue weighted by Gasteiger charge is -2.18.